The van der Waals surface area contributed by atoms with E-state index in [1.165, 1.54) is 0 Å². The van der Waals surface area contributed by atoms with Crippen LogP contribution in [0.3, 0.4) is 0 Å². The zero-order valence-electron chi connectivity index (χ0n) is 12.2. The van der Waals surface area contributed by atoms with Gasteiger partial charge in [0.2, 0.25) is 0 Å². The molecule has 108 valence electrons. The Bertz CT molecular complexity index is 571. The maximum Gasteiger partial charge on any atom is 0.0737 e. The van der Waals surface area contributed by atoms with Gasteiger partial charge in [0.15, 0.2) is 0 Å². The van der Waals surface area contributed by atoms with Gasteiger partial charge in [-0.15, -0.1) is 0 Å². The second-order valence-corrected chi connectivity index (χ2v) is 5.61. The molecule has 0 saturated carbocycles. The first-order valence-corrected chi connectivity index (χ1v) is 7.38. The molecule has 0 bridgehead atoms. The van der Waals surface area contributed by atoms with E-state index in [1.54, 1.807) is 6.20 Å². The van der Waals surface area contributed by atoms with Crippen molar-refractivity contribution in [3.05, 3.63) is 35.5 Å². The number of aromatic nitrogens is 1. The molecule has 20 heavy (non-hydrogen) atoms. The molecule has 0 saturated heterocycles. The van der Waals surface area contributed by atoms with E-state index in [9.17, 15) is 0 Å². The summed E-state index contributed by atoms with van der Waals surface area (Å²) in [6.07, 6.45) is 1.80. The lowest BCUT2D eigenvalue weighted by Crippen LogP contribution is -2.31. The predicted molar refractivity (Wildman–Crippen MR) is 85.5 cm³/mol. The Morgan fingerprint density at radius 1 is 1.30 bits per heavy atom. The number of fused-ring (bicyclic) bond motifs is 1. The van der Waals surface area contributed by atoms with Crippen LogP contribution in [0.4, 0.5) is 5.69 Å². The van der Waals surface area contributed by atoms with Gasteiger partial charge >= 0.3 is 0 Å². The SMILES string of the molecule is CCOCC(Nc1ccnc2cc(Cl)ccc12)C(C)C. The quantitative estimate of drug-likeness (QED) is 0.859. The zero-order valence-corrected chi connectivity index (χ0v) is 12.9. The zero-order chi connectivity index (χ0) is 14.5. The second-order valence-electron chi connectivity index (χ2n) is 5.17. The van der Waals surface area contributed by atoms with Gasteiger partial charge in [-0.2, -0.15) is 0 Å². The third-order valence-corrected chi connectivity index (χ3v) is 3.59. The number of nitrogens with zero attached hydrogens (tertiary/aromatic N) is 1. The van der Waals surface area contributed by atoms with Crippen LogP contribution in [0.2, 0.25) is 5.02 Å². The summed E-state index contributed by atoms with van der Waals surface area (Å²) in [5.74, 6) is 0.483. The van der Waals surface area contributed by atoms with Crippen molar-refractivity contribution >= 4 is 28.2 Å². The summed E-state index contributed by atoms with van der Waals surface area (Å²) in [6.45, 7) is 7.83. The average Bonchev–Trinajstić information content (AvgIpc) is 2.42. The minimum absolute atomic E-state index is 0.274. The van der Waals surface area contributed by atoms with E-state index in [0.29, 0.717) is 17.5 Å². The Hall–Kier alpha value is -1.32. The van der Waals surface area contributed by atoms with Crippen LogP contribution in [-0.2, 0) is 4.74 Å². The lowest BCUT2D eigenvalue weighted by molar-refractivity contribution is 0.127. The fourth-order valence-electron chi connectivity index (χ4n) is 2.09. The van der Waals surface area contributed by atoms with E-state index in [2.05, 4.69) is 24.1 Å². The lowest BCUT2D eigenvalue weighted by atomic mass is 10.0. The summed E-state index contributed by atoms with van der Waals surface area (Å²) in [5, 5.41) is 5.36. The summed E-state index contributed by atoms with van der Waals surface area (Å²) in [7, 11) is 0. The van der Waals surface area contributed by atoms with Crippen LogP contribution in [-0.4, -0.2) is 24.2 Å². The van der Waals surface area contributed by atoms with Crippen molar-refractivity contribution < 1.29 is 4.74 Å². The van der Waals surface area contributed by atoms with Crippen molar-refractivity contribution in [3.63, 3.8) is 0 Å². The molecule has 0 aliphatic heterocycles. The molecule has 1 heterocycles. The Morgan fingerprint density at radius 2 is 2.10 bits per heavy atom. The normalized spacial score (nSPS) is 12.8. The van der Waals surface area contributed by atoms with Gasteiger partial charge in [-0.1, -0.05) is 25.4 Å². The molecule has 4 heteroatoms. The molecule has 2 aromatic rings. The molecule has 0 fully saturated rings. The highest BCUT2D eigenvalue weighted by Gasteiger charge is 2.14. The number of ether oxygens (including phenoxy) is 1. The summed E-state index contributed by atoms with van der Waals surface area (Å²) in [6, 6.07) is 8.05. The molecular weight excluding hydrogens is 272 g/mol. The summed E-state index contributed by atoms with van der Waals surface area (Å²) in [4.78, 5) is 4.36. The first kappa shape index (κ1) is 15.1. The predicted octanol–water partition coefficient (Wildman–Crippen LogP) is 4.36. The van der Waals surface area contributed by atoms with Crippen molar-refractivity contribution in [3.8, 4) is 0 Å². The highest BCUT2D eigenvalue weighted by atomic mass is 35.5. The minimum Gasteiger partial charge on any atom is -0.380 e. The topological polar surface area (TPSA) is 34.1 Å². The van der Waals surface area contributed by atoms with Gasteiger partial charge in [-0.3, -0.25) is 4.98 Å². The third-order valence-electron chi connectivity index (χ3n) is 3.35. The molecule has 0 aliphatic carbocycles. The standard InChI is InChI=1S/C16H21ClN2O/c1-4-20-10-16(11(2)3)19-14-7-8-18-15-9-12(17)5-6-13(14)15/h5-9,11,16H,4,10H2,1-3H3,(H,18,19). The molecular formula is C16H21ClN2O. The van der Waals surface area contributed by atoms with Crippen LogP contribution in [0.5, 0.6) is 0 Å². The molecule has 3 nitrogen and oxygen atoms in total. The number of anilines is 1. The van der Waals surface area contributed by atoms with Crippen molar-refractivity contribution in [1.82, 2.24) is 4.98 Å². The van der Waals surface area contributed by atoms with Gasteiger partial charge in [0, 0.05) is 28.9 Å². The van der Waals surface area contributed by atoms with Gasteiger partial charge < -0.3 is 10.1 Å². The molecule has 2 rings (SSSR count). The van der Waals surface area contributed by atoms with Gasteiger partial charge in [0.1, 0.15) is 0 Å². The first-order valence-electron chi connectivity index (χ1n) is 7.00. The van der Waals surface area contributed by atoms with Gasteiger partial charge in [0.05, 0.1) is 18.2 Å². The number of hydrogen-bond donors (Lipinski definition) is 1. The molecule has 1 aromatic heterocycles. The third kappa shape index (κ3) is 3.62. The summed E-state index contributed by atoms with van der Waals surface area (Å²) in [5.41, 5.74) is 1.98. The van der Waals surface area contributed by atoms with Gasteiger partial charge in [-0.25, -0.2) is 0 Å². The van der Waals surface area contributed by atoms with Crippen molar-refractivity contribution in [1.29, 1.82) is 0 Å². The molecule has 1 atom stereocenters. The second kappa shape index (κ2) is 6.91. The van der Waals surface area contributed by atoms with Crippen LogP contribution in [0.15, 0.2) is 30.5 Å². The Kier molecular flexibility index (Phi) is 5.21. The van der Waals surface area contributed by atoms with Crippen molar-refractivity contribution in [2.45, 2.75) is 26.8 Å². The molecule has 1 aromatic carbocycles. The fraction of sp³-hybridized carbons (Fsp3) is 0.438. The van der Waals surface area contributed by atoms with E-state index in [1.807, 2.05) is 31.2 Å². The highest BCUT2D eigenvalue weighted by molar-refractivity contribution is 6.31. The molecule has 1 N–H and O–H groups in total. The molecule has 0 spiro atoms. The number of nitrogens with one attached hydrogen (secondary N) is 1. The smallest absolute Gasteiger partial charge is 0.0737 e. The Balaban J connectivity index is 2.27. The van der Waals surface area contributed by atoms with Crippen molar-refractivity contribution in [2.75, 3.05) is 18.5 Å². The summed E-state index contributed by atoms with van der Waals surface area (Å²) >= 11 is 6.02. The number of benzene rings is 1. The molecule has 1 unspecified atom stereocenters. The van der Waals surface area contributed by atoms with Gasteiger partial charge in [0.25, 0.3) is 0 Å². The summed E-state index contributed by atoms with van der Waals surface area (Å²) < 4.78 is 5.56. The molecule has 0 aliphatic rings. The van der Waals surface area contributed by atoms with E-state index >= 15 is 0 Å². The largest absolute Gasteiger partial charge is 0.380 e. The van der Waals surface area contributed by atoms with Gasteiger partial charge in [-0.05, 0) is 37.1 Å². The Morgan fingerprint density at radius 3 is 2.80 bits per heavy atom. The first-order chi connectivity index (χ1) is 9.61. The molecule has 0 amide bonds. The van der Waals surface area contributed by atoms with Crippen LogP contribution in [0.1, 0.15) is 20.8 Å². The van der Waals surface area contributed by atoms with Crippen LogP contribution in [0, 0.1) is 5.92 Å². The number of hydrogen-bond acceptors (Lipinski definition) is 3. The number of pyridine rings is 1. The minimum atomic E-state index is 0.274. The van der Waals surface area contributed by atoms with E-state index in [4.69, 9.17) is 16.3 Å². The average molecular weight is 293 g/mol. The van der Waals surface area contributed by atoms with Crippen LogP contribution >= 0.6 is 11.6 Å². The molecule has 0 radical (unpaired) electrons. The van der Waals surface area contributed by atoms with Crippen LogP contribution < -0.4 is 5.32 Å². The maximum atomic E-state index is 6.02. The number of rotatable bonds is 6. The van der Waals surface area contributed by atoms with E-state index in [-0.39, 0.29) is 6.04 Å². The van der Waals surface area contributed by atoms with E-state index in [0.717, 1.165) is 23.2 Å². The van der Waals surface area contributed by atoms with Crippen molar-refractivity contribution in [2.24, 2.45) is 5.92 Å². The van der Waals surface area contributed by atoms with E-state index < -0.39 is 0 Å². The maximum absolute atomic E-state index is 6.02. The monoisotopic (exact) mass is 292 g/mol. The number of halogens is 1. The van der Waals surface area contributed by atoms with Crippen LogP contribution in [0.25, 0.3) is 10.9 Å². The fourth-order valence-corrected chi connectivity index (χ4v) is 2.26. The highest BCUT2D eigenvalue weighted by Crippen LogP contribution is 2.25. The lowest BCUT2D eigenvalue weighted by Gasteiger charge is -2.24. The Labute approximate surface area is 125 Å².